The number of carbonyl (C=O) groups excluding carboxylic acids is 1. The van der Waals surface area contributed by atoms with Gasteiger partial charge in [0.15, 0.2) is 0 Å². The van der Waals surface area contributed by atoms with Crippen LogP contribution in [0.5, 0.6) is 0 Å². The number of anilines is 1. The van der Waals surface area contributed by atoms with E-state index in [0.29, 0.717) is 34.9 Å². The first kappa shape index (κ1) is 24.8. The Bertz CT molecular complexity index is 1300. The SMILES string of the molecule is CC(C)C(=O)N(CC(F)(F)F)[C@H]1CCN(c2nc3cc(Cl)ccc3cc2-c2cccc(C#N)c2)C1. The monoisotopic (exact) mass is 500 g/mol. The molecule has 182 valence electrons. The number of benzene rings is 2. The maximum atomic E-state index is 13.3. The molecule has 1 aliphatic rings. The van der Waals surface area contributed by atoms with E-state index in [0.717, 1.165) is 21.4 Å². The summed E-state index contributed by atoms with van der Waals surface area (Å²) in [6.45, 7) is 2.59. The van der Waals surface area contributed by atoms with Crippen LogP contribution >= 0.6 is 11.6 Å². The Morgan fingerprint density at radius 2 is 2.03 bits per heavy atom. The van der Waals surface area contributed by atoms with Crippen LogP contribution in [-0.2, 0) is 4.79 Å². The van der Waals surface area contributed by atoms with E-state index in [9.17, 15) is 23.2 Å². The van der Waals surface area contributed by atoms with Crippen molar-refractivity contribution in [1.29, 1.82) is 5.26 Å². The van der Waals surface area contributed by atoms with Crippen molar-refractivity contribution in [3.05, 3.63) is 59.1 Å². The van der Waals surface area contributed by atoms with E-state index in [2.05, 4.69) is 6.07 Å². The van der Waals surface area contributed by atoms with Crippen molar-refractivity contribution in [1.82, 2.24) is 9.88 Å². The van der Waals surface area contributed by atoms with Gasteiger partial charge in [-0.2, -0.15) is 18.4 Å². The van der Waals surface area contributed by atoms with Crippen LogP contribution in [0.3, 0.4) is 0 Å². The number of amides is 1. The lowest BCUT2D eigenvalue weighted by molar-refractivity contribution is -0.167. The molecule has 0 unspecified atom stereocenters. The highest BCUT2D eigenvalue weighted by atomic mass is 35.5. The zero-order chi connectivity index (χ0) is 25.3. The second-order valence-electron chi connectivity index (χ2n) is 9.01. The van der Waals surface area contributed by atoms with Gasteiger partial charge in [-0.1, -0.05) is 43.6 Å². The summed E-state index contributed by atoms with van der Waals surface area (Å²) in [5.74, 6) is -0.479. The molecule has 3 aromatic rings. The molecule has 1 aromatic heterocycles. The number of nitrogens with zero attached hydrogens (tertiary/aromatic N) is 4. The van der Waals surface area contributed by atoms with Crippen LogP contribution in [0, 0.1) is 17.2 Å². The second kappa shape index (κ2) is 9.74. The molecule has 0 saturated carbocycles. The first-order valence-electron chi connectivity index (χ1n) is 11.3. The summed E-state index contributed by atoms with van der Waals surface area (Å²) in [6.07, 6.45) is -4.10. The van der Waals surface area contributed by atoms with Crippen LogP contribution in [0.15, 0.2) is 48.5 Å². The highest BCUT2D eigenvalue weighted by Gasteiger charge is 2.40. The minimum absolute atomic E-state index is 0.221. The smallest absolute Gasteiger partial charge is 0.354 e. The van der Waals surface area contributed by atoms with Crippen molar-refractivity contribution in [2.75, 3.05) is 24.5 Å². The Kier molecular flexibility index (Phi) is 6.91. The van der Waals surface area contributed by atoms with E-state index in [1.165, 1.54) is 0 Å². The van der Waals surface area contributed by atoms with Gasteiger partial charge in [0.05, 0.1) is 23.2 Å². The highest BCUT2D eigenvalue weighted by Crippen LogP contribution is 2.36. The molecule has 2 aromatic carbocycles. The van der Waals surface area contributed by atoms with Crippen molar-refractivity contribution in [3.8, 4) is 17.2 Å². The van der Waals surface area contributed by atoms with E-state index in [4.69, 9.17) is 16.6 Å². The van der Waals surface area contributed by atoms with Crippen molar-refractivity contribution in [2.24, 2.45) is 5.92 Å². The standard InChI is InChI=1S/C26H24ClF3N4O/c1-16(2)25(35)34(15-26(28,29)30)21-8-9-33(14-21)24-22(18-5-3-4-17(10-18)13-31)11-19-6-7-20(27)12-23(19)32-24/h3-7,10-12,16,21H,8-9,14-15H2,1-2H3/t21-/m0/s1. The van der Waals surface area contributed by atoms with E-state index in [1.807, 2.05) is 23.1 Å². The minimum atomic E-state index is -4.49. The first-order valence-corrected chi connectivity index (χ1v) is 11.7. The fourth-order valence-corrected chi connectivity index (χ4v) is 4.61. The van der Waals surface area contributed by atoms with Gasteiger partial charge in [-0.15, -0.1) is 0 Å². The van der Waals surface area contributed by atoms with Gasteiger partial charge in [-0.25, -0.2) is 4.98 Å². The second-order valence-corrected chi connectivity index (χ2v) is 9.45. The Hall–Kier alpha value is -3.31. The summed E-state index contributed by atoms with van der Waals surface area (Å²) in [6, 6.07) is 16.0. The van der Waals surface area contributed by atoms with Crippen LogP contribution in [0.4, 0.5) is 19.0 Å². The normalized spacial score (nSPS) is 16.1. The molecule has 35 heavy (non-hydrogen) atoms. The molecular formula is C26H24ClF3N4O. The molecule has 0 spiro atoms. The topological polar surface area (TPSA) is 60.2 Å². The minimum Gasteiger partial charge on any atom is -0.354 e. The molecule has 1 aliphatic heterocycles. The summed E-state index contributed by atoms with van der Waals surface area (Å²) in [7, 11) is 0. The number of hydrogen-bond acceptors (Lipinski definition) is 4. The number of carbonyl (C=O) groups is 1. The van der Waals surface area contributed by atoms with Gasteiger partial charge in [-0.05, 0) is 42.3 Å². The third kappa shape index (κ3) is 5.51. The van der Waals surface area contributed by atoms with Gasteiger partial charge in [0.2, 0.25) is 5.91 Å². The van der Waals surface area contributed by atoms with Crippen LogP contribution in [0.2, 0.25) is 5.02 Å². The number of halogens is 4. The van der Waals surface area contributed by atoms with Gasteiger partial charge in [0, 0.05) is 35.0 Å². The molecule has 1 amide bonds. The number of pyridine rings is 1. The third-order valence-electron chi connectivity index (χ3n) is 6.09. The predicted octanol–water partition coefficient (Wildman–Crippen LogP) is 6.05. The Labute approximate surface area is 206 Å². The zero-order valence-corrected chi connectivity index (χ0v) is 20.1. The van der Waals surface area contributed by atoms with E-state index in [1.54, 1.807) is 44.2 Å². The molecule has 0 N–H and O–H groups in total. The first-order chi connectivity index (χ1) is 16.6. The number of alkyl halides is 3. The number of aromatic nitrogens is 1. The van der Waals surface area contributed by atoms with Gasteiger partial charge >= 0.3 is 6.18 Å². The molecule has 9 heteroatoms. The lowest BCUT2D eigenvalue weighted by atomic mass is 10.0. The van der Waals surface area contributed by atoms with Gasteiger partial charge in [0.1, 0.15) is 12.4 Å². The Balaban J connectivity index is 1.76. The summed E-state index contributed by atoms with van der Waals surface area (Å²) in [5, 5.41) is 10.7. The quantitative estimate of drug-likeness (QED) is 0.427. The van der Waals surface area contributed by atoms with E-state index < -0.39 is 30.6 Å². The molecule has 5 nitrogen and oxygen atoms in total. The molecule has 1 atom stereocenters. The Morgan fingerprint density at radius 1 is 1.26 bits per heavy atom. The van der Waals surface area contributed by atoms with Crippen molar-refractivity contribution in [2.45, 2.75) is 32.5 Å². The molecule has 2 heterocycles. The molecule has 0 radical (unpaired) electrons. The predicted molar refractivity (Wildman–Crippen MR) is 130 cm³/mol. The molecule has 0 aliphatic carbocycles. The van der Waals surface area contributed by atoms with Gasteiger partial charge in [0.25, 0.3) is 0 Å². The molecule has 1 fully saturated rings. The fourth-order valence-electron chi connectivity index (χ4n) is 4.44. The van der Waals surface area contributed by atoms with Crippen LogP contribution in [-0.4, -0.2) is 47.6 Å². The number of nitriles is 1. The third-order valence-corrected chi connectivity index (χ3v) is 6.33. The molecule has 0 bridgehead atoms. The van der Waals surface area contributed by atoms with Crippen molar-refractivity contribution >= 4 is 34.2 Å². The highest BCUT2D eigenvalue weighted by molar-refractivity contribution is 6.31. The average molecular weight is 501 g/mol. The zero-order valence-electron chi connectivity index (χ0n) is 19.3. The summed E-state index contributed by atoms with van der Waals surface area (Å²) < 4.78 is 39.9. The van der Waals surface area contributed by atoms with Crippen molar-refractivity contribution in [3.63, 3.8) is 0 Å². The van der Waals surface area contributed by atoms with E-state index in [-0.39, 0.29) is 6.54 Å². The number of rotatable bonds is 5. The van der Waals surface area contributed by atoms with E-state index >= 15 is 0 Å². The van der Waals surface area contributed by atoms with Gasteiger partial charge in [-0.3, -0.25) is 4.79 Å². The van der Waals surface area contributed by atoms with Crippen LogP contribution < -0.4 is 4.90 Å². The maximum absolute atomic E-state index is 13.3. The van der Waals surface area contributed by atoms with Crippen molar-refractivity contribution < 1.29 is 18.0 Å². The summed E-state index contributed by atoms with van der Waals surface area (Å²) in [4.78, 5) is 20.4. The Morgan fingerprint density at radius 3 is 2.71 bits per heavy atom. The number of fused-ring (bicyclic) bond motifs is 1. The van der Waals surface area contributed by atoms with Crippen LogP contribution in [0.25, 0.3) is 22.0 Å². The summed E-state index contributed by atoms with van der Waals surface area (Å²) >= 11 is 6.18. The van der Waals surface area contributed by atoms with Gasteiger partial charge < -0.3 is 9.80 Å². The number of hydrogen-bond donors (Lipinski definition) is 0. The molecule has 1 saturated heterocycles. The average Bonchev–Trinajstić information content (AvgIpc) is 3.30. The summed E-state index contributed by atoms with van der Waals surface area (Å²) in [5.41, 5.74) is 2.68. The maximum Gasteiger partial charge on any atom is 0.406 e. The van der Waals surface area contributed by atoms with Crippen LogP contribution in [0.1, 0.15) is 25.8 Å². The largest absolute Gasteiger partial charge is 0.406 e. The fraction of sp³-hybridized carbons (Fsp3) is 0.346. The molecule has 4 rings (SSSR count). The lowest BCUT2D eigenvalue weighted by Crippen LogP contribution is -2.48. The lowest BCUT2D eigenvalue weighted by Gasteiger charge is -2.31. The molecular weight excluding hydrogens is 477 g/mol.